The number of hydrogen-bond acceptors (Lipinski definition) is 5. The van der Waals surface area contributed by atoms with Crippen LogP contribution in [0.1, 0.15) is 15.6 Å². The number of aromatic nitrogens is 3. The molecule has 25 heavy (non-hydrogen) atoms. The highest BCUT2D eigenvalue weighted by Crippen LogP contribution is 2.24. The Kier molecular flexibility index (Phi) is 3.95. The zero-order valence-corrected chi connectivity index (χ0v) is 14.2. The van der Waals surface area contributed by atoms with Gasteiger partial charge in [0.05, 0.1) is 15.9 Å². The van der Waals surface area contributed by atoms with E-state index in [0.717, 1.165) is 21.5 Å². The number of amides is 1. The van der Waals surface area contributed by atoms with Gasteiger partial charge in [-0.05, 0) is 37.3 Å². The van der Waals surface area contributed by atoms with Gasteiger partial charge < -0.3 is 5.32 Å². The van der Waals surface area contributed by atoms with Gasteiger partial charge in [-0.3, -0.25) is 4.79 Å². The Hall–Kier alpha value is -3.12. The molecule has 4 aromatic rings. The molecule has 4 rings (SSSR count). The van der Waals surface area contributed by atoms with Crippen LogP contribution in [0.2, 0.25) is 0 Å². The summed E-state index contributed by atoms with van der Waals surface area (Å²) in [5.41, 5.74) is 3.29. The van der Waals surface area contributed by atoms with Crippen LogP contribution in [0, 0.1) is 6.92 Å². The number of carbonyl (C=O) groups excluding carboxylic acids is 1. The number of rotatable bonds is 3. The Bertz CT molecular complexity index is 1040. The number of carbonyl (C=O) groups is 1. The van der Waals surface area contributed by atoms with Crippen LogP contribution in [0.4, 0.5) is 5.69 Å². The summed E-state index contributed by atoms with van der Waals surface area (Å²) in [6, 6.07) is 17.2. The van der Waals surface area contributed by atoms with E-state index in [1.165, 1.54) is 11.3 Å². The number of thiazole rings is 1. The number of benzene rings is 2. The van der Waals surface area contributed by atoms with Crippen LogP contribution >= 0.6 is 11.3 Å². The van der Waals surface area contributed by atoms with Gasteiger partial charge in [0.1, 0.15) is 5.82 Å². The molecule has 0 aliphatic carbocycles. The van der Waals surface area contributed by atoms with Crippen LogP contribution in [-0.4, -0.2) is 20.9 Å². The minimum absolute atomic E-state index is 0.211. The predicted octanol–water partition coefficient (Wildman–Crippen LogP) is 4.31. The lowest BCUT2D eigenvalue weighted by Gasteiger charge is -2.06. The highest BCUT2D eigenvalue weighted by molar-refractivity contribution is 7.20. The third-order valence-electron chi connectivity index (χ3n) is 3.68. The molecule has 1 amide bonds. The van der Waals surface area contributed by atoms with Crippen molar-refractivity contribution >= 4 is 33.1 Å². The summed E-state index contributed by atoms with van der Waals surface area (Å²) in [6.07, 6.45) is 1.73. The molecule has 0 saturated carbocycles. The first-order valence-corrected chi connectivity index (χ1v) is 8.58. The summed E-state index contributed by atoms with van der Waals surface area (Å²) in [5, 5.41) is 3.36. The molecule has 2 heterocycles. The van der Waals surface area contributed by atoms with Gasteiger partial charge in [-0.1, -0.05) is 24.3 Å². The molecule has 6 heteroatoms. The highest BCUT2D eigenvalue weighted by atomic mass is 32.1. The molecule has 2 aromatic heterocycles. The fourth-order valence-electron chi connectivity index (χ4n) is 2.53. The third-order valence-corrected chi connectivity index (χ3v) is 4.72. The fraction of sp³-hybridized carbons (Fsp3) is 0.0526. The second-order valence-electron chi connectivity index (χ2n) is 5.51. The van der Waals surface area contributed by atoms with Crippen LogP contribution < -0.4 is 5.32 Å². The van der Waals surface area contributed by atoms with Crippen LogP contribution in [0.15, 0.2) is 60.8 Å². The van der Waals surface area contributed by atoms with Gasteiger partial charge in [0.2, 0.25) is 0 Å². The molecule has 0 saturated heterocycles. The van der Waals surface area contributed by atoms with E-state index >= 15 is 0 Å². The Labute approximate surface area is 148 Å². The van der Waals surface area contributed by atoms with E-state index in [4.69, 9.17) is 0 Å². The minimum atomic E-state index is -0.211. The zero-order valence-electron chi connectivity index (χ0n) is 13.4. The second-order valence-corrected chi connectivity index (χ2v) is 6.54. The molecule has 122 valence electrons. The zero-order chi connectivity index (χ0) is 17.2. The molecule has 0 atom stereocenters. The molecular formula is C19H14N4OS. The van der Waals surface area contributed by atoms with Crippen molar-refractivity contribution < 1.29 is 4.79 Å². The fourth-order valence-corrected chi connectivity index (χ4v) is 3.39. The Balaban J connectivity index is 1.60. The van der Waals surface area contributed by atoms with Crippen LogP contribution in [0.25, 0.3) is 21.5 Å². The lowest BCUT2D eigenvalue weighted by atomic mass is 10.1. The molecule has 0 aliphatic heterocycles. The maximum atomic E-state index is 12.5. The Morgan fingerprint density at radius 2 is 1.92 bits per heavy atom. The van der Waals surface area contributed by atoms with Crippen molar-refractivity contribution in [3.8, 4) is 11.3 Å². The van der Waals surface area contributed by atoms with Crippen LogP contribution in [-0.2, 0) is 0 Å². The SMILES string of the molecule is Cc1nccc(-c2cccc(NC(=O)c3nc4ccccc4s3)c2)n1. The number of para-hydroxylation sites is 1. The van der Waals surface area contributed by atoms with E-state index in [-0.39, 0.29) is 5.91 Å². The molecule has 0 aliphatic rings. The third kappa shape index (κ3) is 3.25. The van der Waals surface area contributed by atoms with Crippen molar-refractivity contribution in [3.63, 3.8) is 0 Å². The standard InChI is InChI=1S/C19H14N4OS/c1-12-20-10-9-15(21-12)13-5-4-6-14(11-13)22-18(24)19-23-16-7-2-3-8-17(16)25-19/h2-11H,1H3,(H,22,24). The number of nitrogens with one attached hydrogen (secondary N) is 1. The lowest BCUT2D eigenvalue weighted by molar-refractivity contribution is 0.102. The quantitative estimate of drug-likeness (QED) is 0.600. The molecule has 0 spiro atoms. The summed E-state index contributed by atoms with van der Waals surface area (Å²) >= 11 is 1.38. The van der Waals surface area contributed by atoms with Crippen molar-refractivity contribution in [2.24, 2.45) is 0 Å². The summed E-state index contributed by atoms with van der Waals surface area (Å²) in [4.78, 5) is 25.4. The Morgan fingerprint density at radius 1 is 1.04 bits per heavy atom. The average molecular weight is 346 g/mol. The van der Waals surface area contributed by atoms with Crippen LogP contribution in [0.5, 0.6) is 0 Å². The van der Waals surface area contributed by atoms with Crippen LogP contribution in [0.3, 0.4) is 0 Å². The molecule has 1 N–H and O–H groups in total. The average Bonchev–Trinajstić information content (AvgIpc) is 3.06. The summed E-state index contributed by atoms with van der Waals surface area (Å²) in [6.45, 7) is 1.85. The van der Waals surface area contributed by atoms with E-state index < -0.39 is 0 Å². The van der Waals surface area contributed by atoms with Gasteiger partial charge >= 0.3 is 0 Å². The van der Waals surface area contributed by atoms with E-state index in [1.54, 1.807) is 6.20 Å². The summed E-state index contributed by atoms with van der Waals surface area (Å²) in [5.74, 6) is 0.499. The largest absolute Gasteiger partial charge is 0.320 e. The summed E-state index contributed by atoms with van der Waals surface area (Å²) in [7, 11) is 0. The molecule has 5 nitrogen and oxygen atoms in total. The smallest absolute Gasteiger partial charge is 0.284 e. The lowest BCUT2D eigenvalue weighted by Crippen LogP contribution is -2.11. The van der Waals surface area contributed by atoms with Gasteiger partial charge in [-0.25, -0.2) is 15.0 Å². The van der Waals surface area contributed by atoms with Gasteiger partial charge in [0.25, 0.3) is 5.91 Å². The monoisotopic (exact) mass is 346 g/mol. The molecule has 0 radical (unpaired) electrons. The number of hydrogen-bond donors (Lipinski definition) is 1. The topological polar surface area (TPSA) is 67.8 Å². The normalized spacial score (nSPS) is 10.8. The number of nitrogens with zero attached hydrogens (tertiary/aromatic N) is 3. The van der Waals surface area contributed by atoms with E-state index in [9.17, 15) is 4.79 Å². The van der Waals surface area contributed by atoms with Gasteiger partial charge in [-0.2, -0.15) is 0 Å². The highest BCUT2D eigenvalue weighted by Gasteiger charge is 2.12. The minimum Gasteiger partial charge on any atom is -0.320 e. The van der Waals surface area contributed by atoms with Gasteiger partial charge in [0, 0.05) is 17.4 Å². The molecule has 0 bridgehead atoms. The molecule has 2 aromatic carbocycles. The first-order valence-electron chi connectivity index (χ1n) is 7.76. The van der Waals surface area contributed by atoms with Crippen molar-refractivity contribution in [2.75, 3.05) is 5.32 Å². The van der Waals surface area contributed by atoms with Crippen molar-refractivity contribution in [1.29, 1.82) is 0 Å². The first-order chi connectivity index (χ1) is 12.2. The first kappa shape index (κ1) is 15.4. The Morgan fingerprint density at radius 3 is 2.76 bits per heavy atom. The number of fused-ring (bicyclic) bond motifs is 1. The predicted molar refractivity (Wildman–Crippen MR) is 99.8 cm³/mol. The molecule has 0 unspecified atom stereocenters. The number of anilines is 1. The van der Waals surface area contributed by atoms with Crippen molar-refractivity contribution in [3.05, 3.63) is 71.6 Å². The number of aryl methyl sites for hydroxylation is 1. The van der Waals surface area contributed by atoms with E-state index in [1.807, 2.05) is 61.5 Å². The van der Waals surface area contributed by atoms with Crippen molar-refractivity contribution in [1.82, 2.24) is 15.0 Å². The molecular weight excluding hydrogens is 332 g/mol. The van der Waals surface area contributed by atoms with E-state index in [2.05, 4.69) is 20.3 Å². The maximum absolute atomic E-state index is 12.5. The summed E-state index contributed by atoms with van der Waals surface area (Å²) < 4.78 is 0.998. The van der Waals surface area contributed by atoms with Crippen molar-refractivity contribution in [2.45, 2.75) is 6.92 Å². The van der Waals surface area contributed by atoms with Gasteiger partial charge in [-0.15, -0.1) is 11.3 Å². The molecule has 0 fully saturated rings. The second kappa shape index (κ2) is 6.41. The van der Waals surface area contributed by atoms with Gasteiger partial charge in [0.15, 0.2) is 5.01 Å². The van der Waals surface area contributed by atoms with E-state index in [0.29, 0.717) is 16.5 Å². The maximum Gasteiger partial charge on any atom is 0.284 e.